The number of ether oxygens (including phenoxy) is 1. The van der Waals surface area contributed by atoms with Crippen LogP contribution in [0.15, 0.2) is 24.3 Å². The summed E-state index contributed by atoms with van der Waals surface area (Å²) in [7, 11) is 0. The first-order chi connectivity index (χ1) is 14.7. The third-order valence-electron chi connectivity index (χ3n) is 6.45. The maximum absolute atomic E-state index is 13.2. The Bertz CT molecular complexity index is 863. The number of nitrogens with one attached hydrogen (secondary N) is 2. The van der Waals surface area contributed by atoms with Gasteiger partial charge in [-0.2, -0.15) is 0 Å². The zero-order valence-corrected chi connectivity index (χ0v) is 18.6. The molecule has 1 spiro atoms. The molecule has 3 aliphatic rings. The smallest absolute Gasteiger partial charge is 0.325 e. The summed E-state index contributed by atoms with van der Waals surface area (Å²) < 4.78 is 5.37. The fourth-order valence-corrected chi connectivity index (χ4v) is 5.57. The quantitative estimate of drug-likeness (QED) is 0.720. The fourth-order valence-electron chi connectivity index (χ4n) is 5.57. The molecule has 2 N–H and O–H groups in total. The second kappa shape index (κ2) is 8.15. The Balaban J connectivity index is 1.38. The number of amides is 4. The molecule has 0 bridgehead atoms. The van der Waals surface area contributed by atoms with Gasteiger partial charge in [-0.25, -0.2) is 4.79 Å². The minimum atomic E-state index is -0.891. The van der Waals surface area contributed by atoms with Gasteiger partial charge in [0.1, 0.15) is 12.1 Å². The second-order valence-electron chi connectivity index (χ2n) is 9.95. The number of anilines is 2. The molecule has 2 heterocycles. The number of urea groups is 1. The molecule has 2 aliphatic heterocycles. The highest BCUT2D eigenvalue weighted by atomic mass is 16.5. The first-order valence-electron chi connectivity index (χ1n) is 11.0. The number of morpholine rings is 1. The number of benzene rings is 1. The zero-order valence-electron chi connectivity index (χ0n) is 18.6. The molecule has 2 saturated heterocycles. The molecule has 1 aromatic carbocycles. The first-order valence-corrected chi connectivity index (χ1v) is 11.0. The lowest BCUT2D eigenvalue weighted by atomic mass is 9.64. The van der Waals surface area contributed by atoms with Gasteiger partial charge in [0.25, 0.3) is 5.91 Å². The number of hydrogen-bond acceptors (Lipinski definition) is 5. The molecule has 1 aliphatic carbocycles. The maximum atomic E-state index is 13.2. The van der Waals surface area contributed by atoms with Crippen LogP contribution in [0, 0.1) is 11.3 Å². The van der Waals surface area contributed by atoms with E-state index < -0.39 is 11.6 Å². The number of carbonyl (C=O) groups is 3. The van der Waals surface area contributed by atoms with E-state index in [2.05, 4.69) is 36.3 Å². The minimum Gasteiger partial charge on any atom is -0.378 e. The zero-order chi connectivity index (χ0) is 22.2. The fraction of sp³-hybridized carbons (Fsp3) is 0.609. The van der Waals surface area contributed by atoms with Crippen molar-refractivity contribution in [2.45, 2.75) is 45.6 Å². The molecule has 0 radical (unpaired) electrons. The number of nitrogens with zero attached hydrogens (tertiary/aromatic N) is 2. The average molecular weight is 429 g/mol. The molecule has 2 atom stereocenters. The Morgan fingerprint density at radius 3 is 2.48 bits per heavy atom. The predicted octanol–water partition coefficient (Wildman–Crippen LogP) is 2.60. The molecule has 0 aromatic heterocycles. The van der Waals surface area contributed by atoms with Crippen molar-refractivity contribution in [3.05, 3.63) is 24.3 Å². The predicted molar refractivity (Wildman–Crippen MR) is 118 cm³/mol. The molecular formula is C23H32N4O4. The lowest BCUT2D eigenvalue weighted by molar-refractivity contribution is -0.136. The molecular weight excluding hydrogens is 396 g/mol. The van der Waals surface area contributed by atoms with Crippen molar-refractivity contribution in [3.8, 4) is 0 Å². The molecule has 4 rings (SSSR count). The molecule has 8 heteroatoms. The largest absolute Gasteiger partial charge is 0.378 e. The van der Waals surface area contributed by atoms with Gasteiger partial charge in [-0.1, -0.05) is 20.8 Å². The van der Waals surface area contributed by atoms with Crippen LogP contribution >= 0.6 is 0 Å². The van der Waals surface area contributed by atoms with Crippen molar-refractivity contribution in [2.75, 3.05) is 43.1 Å². The Labute approximate surface area is 183 Å². The third kappa shape index (κ3) is 4.54. The molecule has 0 unspecified atom stereocenters. The van der Waals surface area contributed by atoms with Gasteiger partial charge in [0.15, 0.2) is 0 Å². The van der Waals surface area contributed by atoms with Crippen LogP contribution in [0.1, 0.15) is 40.0 Å². The minimum absolute atomic E-state index is 0.0406. The summed E-state index contributed by atoms with van der Waals surface area (Å²) in [5.41, 5.74) is 0.780. The lowest BCUT2D eigenvalue weighted by Crippen LogP contribution is -2.54. The van der Waals surface area contributed by atoms with Crippen molar-refractivity contribution >= 4 is 29.2 Å². The number of carbonyl (C=O) groups excluding carboxylic acids is 3. The summed E-state index contributed by atoms with van der Waals surface area (Å²) in [5, 5.41) is 5.71. The van der Waals surface area contributed by atoms with Crippen molar-refractivity contribution in [1.29, 1.82) is 0 Å². The SMILES string of the molecule is C[C@H]1CC(C)(C)C[C@]2(C1)NC(=O)N(CC(=O)Nc1ccc(N3CCOCC3)cc1)C2=O. The third-order valence-corrected chi connectivity index (χ3v) is 6.45. The standard InChI is InChI=1S/C23H32N4O4/c1-16-12-22(2,3)15-23(13-16)20(29)27(21(30)25-23)14-19(28)24-17-4-6-18(7-5-17)26-8-10-31-11-9-26/h4-7,16H,8-15H2,1-3H3,(H,24,28)(H,25,30)/t16-,23-/m0/s1. The molecule has 1 aromatic rings. The molecule has 1 saturated carbocycles. The van der Waals surface area contributed by atoms with Crippen LogP contribution in [0.3, 0.4) is 0 Å². The molecule has 3 fully saturated rings. The Kier molecular flexibility index (Phi) is 5.68. The van der Waals surface area contributed by atoms with E-state index in [1.165, 1.54) is 0 Å². The lowest BCUT2D eigenvalue weighted by Gasteiger charge is -2.43. The van der Waals surface area contributed by atoms with E-state index in [-0.39, 0.29) is 23.8 Å². The number of imide groups is 1. The van der Waals surface area contributed by atoms with Crippen molar-refractivity contribution < 1.29 is 19.1 Å². The van der Waals surface area contributed by atoms with Crippen LogP contribution in [0.5, 0.6) is 0 Å². The normalized spacial score (nSPS) is 28.0. The highest BCUT2D eigenvalue weighted by Crippen LogP contribution is 2.46. The summed E-state index contributed by atoms with van der Waals surface area (Å²) in [5.74, 6) is -0.343. The summed E-state index contributed by atoms with van der Waals surface area (Å²) in [6, 6.07) is 7.10. The topological polar surface area (TPSA) is 91.0 Å². The van der Waals surface area contributed by atoms with E-state index in [9.17, 15) is 14.4 Å². The average Bonchev–Trinajstić information content (AvgIpc) is 2.91. The van der Waals surface area contributed by atoms with Crippen molar-refractivity contribution in [1.82, 2.24) is 10.2 Å². The van der Waals surface area contributed by atoms with Crippen LogP contribution < -0.4 is 15.5 Å². The number of hydrogen-bond donors (Lipinski definition) is 2. The van der Waals surface area contributed by atoms with Crippen molar-refractivity contribution in [3.63, 3.8) is 0 Å². The summed E-state index contributed by atoms with van der Waals surface area (Å²) in [6.45, 7) is 9.18. The second-order valence-corrected chi connectivity index (χ2v) is 9.95. The highest BCUT2D eigenvalue weighted by molar-refractivity contribution is 6.10. The summed E-state index contributed by atoms with van der Waals surface area (Å²) >= 11 is 0. The molecule has 168 valence electrons. The van der Waals surface area contributed by atoms with Crippen LogP contribution in [0.2, 0.25) is 0 Å². The van der Waals surface area contributed by atoms with Crippen LogP contribution in [0.4, 0.5) is 16.2 Å². The molecule has 8 nitrogen and oxygen atoms in total. The van der Waals surface area contributed by atoms with Gasteiger partial charge in [-0.05, 0) is 54.9 Å². The van der Waals surface area contributed by atoms with Crippen LogP contribution in [0.25, 0.3) is 0 Å². The van der Waals surface area contributed by atoms with E-state index in [1.807, 2.05) is 24.3 Å². The van der Waals surface area contributed by atoms with E-state index in [0.717, 1.165) is 30.1 Å². The number of rotatable bonds is 4. The van der Waals surface area contributed by atoms with Crippen LogP contribution in [-0.2, 0) is 14.3 Å². The highest BCUT2D eigenvalue weighted by Gasteiger charge is 2.56. The first kappa shape index (κ1) is 21.6. The van der Waals surface area contributed by atoms with E-state index in [0.29, 0.717) is 37.7 Å². The summed E-state index contributed by atoms with van der Waals surface area (Å²) in [6.07, 6.45) is 2.22. The molecule has 4 amide bonds. The van der Waals surface area contributed by atoms with Gasteiger partial charge < -0.3 is 20.3 Å². The van der Waals surface area contributed by atoms with E-state index in [4.69, 9.17) is 4.74 Å². The Morgan fingerprint density at radius 1 is 1.16 bits per heavy atom. The van der Waals surface area contributed by atoms with Gasteiger partial charge >= 0.3 is 6.03 Å². The van der Waals surface area contributed by atoms with Gasteiger partial charge in [-0.15, -0.1) is 0 Å². The van der Waals surface area contributed by atoms with Crippen LogP contribution in [-0.4, -0.2) is 61.1 Å². The Hall–Kier alpha value is -2.61. The summed E-state index contributed by atoms with van der Waals surface area (Å²) in [4.78, 5) is 41.7. The molecule has 31 heavy (non-hydrogen) atoms. The van der Waals surface area contributed by atoms with Gasteiger partial charge in [-0.3, -0.25) is 14.5 Å². The maximum Gasteiger partial charge on any atom is 0.325 e. The monoisotopic (exact) mass is 428 g/mol. The van der Waals surface area contributed by atoms with Gasteiger partial charge in [0, 0.05) is 24.5 Å². The van der Waals surface area contributed by atoms with Gasteiger partial charge in [0.2, 0.25) is 5.91 Å². The Morgan fingerprint density at radius 2 is 1.84 bits per heavy atom. The van der Waals surface area contributed by atoms with E-state index >= 15 is 0 Å². The van der Waals surface area contributed by atoms with Crippen molar-refractivity contribution in [2.24, 2.45) is 11.3 Å². The van der Waals surface area contributed by atoms with Gasteiger partial charge in [0.05, 0.1) is 13.2 Å². The van der Waals surface area contributed by atoms with E-state index in [1.54, 1.807) is 0 Å².